The molecule has 1 aliphatic heterocycles. The fourth-order valence-corrected chi connectivity index (χ4v) is 3.06. The van der Waals surface area contributed by atoms with Crippen molar-refractivity contribution in [3.05, 3.63) is 52.1 Å². The van der Waals surface area contributed by atoms with Gasteiger partial charge in [-0.15, -0.1) is 0 Å². The molecule has 6 nitrogen and oxygen atoms in total. The monoisotopic (exact) mass is 392 g/mol. The number of hydrogen-bond acceptors (Lipinski definition) is 4. The highest BCUT2D eigenvalue weighted by molar-refractivity contribution is 6.42. The number of pyridine rings is 1. The summed E-state index contributed by atoms with van der Waals surface area (Å²) in [7, 11) is 0. The van der Waals surface area contributed by atoms with Crippen LogP contribution >= 0.6 is 23.2 Å². The minimum atomic E-state index is -0.0761. The van der Waals surface area contributed by atoms with Crippen molar-refractivity contribution in [2.24, 2.45) is 0 Å². The van der Waals surface area contributed by atoms with E-state index < -0.39 is 0 Å². The van der Waals surface area contributed by atoms with Crippen LogP contribution in [0.3, 0.4) is 0 Å². The van der Waals surface area contributed by atoms with E-state index in [0.717, 1.165) is 5.69 Å². The molecule has 0 aliphatic carbocycles. The lowest BCUT2D eigenvalue weighted by Gasteiger charge is -2.34. The van der Waals surface area contributed by atoms with Crippen LogP contribution in [0.5, 0.6) is 0 Å². The predicted molar refractivity (Wildman–Crippen MR) is 102 cm³/mol. The van der Waals surface area contributed by atoms with Gasteiger partial charge in [-0.2, -0.15) is 0 Å². The summed E-state index contributed by atoms with van der Waals surface area (Å²) in [6.45, 7) is 3.70. The number of carbonyl (C=O) groups excluding carboxylic acids is 2. The van der Waals surface area contributed by atoms with Crippen molar-refractivity contribution in [1.82, 2.24) is 14.8 Å². The number of aromatic nitrogens is 1. The van der Waals surface area contributed by atoms with Crippen LogP contribution in [-0.4, -0.2) is 52.8 Å². The Hall–Kier alpha value is -2.31. The van der Waals surface area contributed by atoms with Gasteiger partial charge in [0.1, 0.15) is 5.82 Å². The number of piperazine rings is 1. The Morgan fingerprint density at radius 3 is 2.35 bits per heavy atom. The van der Waals surface area contributed by atoms with Gasteiger partial charge >= 0.3 is 0 Å². The molecule has 0 saturated carbocycles. The third kappa shape index (κ3) is 4.26. The molecule has 3 rings (SSSR count). The second-order valence-electron chi connectivity index (χ2n) is 5.98. The van der Waals surface area contributed by atoms with Gasteiger partial charge in [-0.3, -0.25) is 9.59 Å². The first kappa shape index (κ1) is 18.5. The summed E-state index contributed by atoms with van der Waals surface area (Å²) >= 11 is 11.9. The summed E-state index contributed by atoms with van der Waals surface area (Å²) in [5.41, 5.74) is 1.27. The van der Waals surface area contributed by atoms with Gasteiger partial charge in [0.25, 0.3) is 5.91 Å². The molecule has 0 unspecified atom stereocenters. The number of benzene rings is 1. The molecule has 0 bridgehead atoms. The maximum Gasteiger partial charge on any atom is 0.254 e. The lowest BCUT2D eigenvalue weighted by molar-refractivity contribution is -0.130. The number of halogens is 2. The van der Waals surface area contributed by atoms with E-state index >= 15 is 0 Å². The summed E-state index contributed by atoms with van der Waals surface area (Å²) < 4.78 is 0. The smallest absolute Gasteiger partial charge is 0.254 e. The van der Waals surface area contributed by atoms with E-state index in [9.17, 15) is 9.59 Å². The second kappa shape index (κ2) is 7.93. The normalized spacial score (nSPS) is 14.3. The Balaban J connectivity index is 1.69. The fraction of sp³-hybridized carbons (Fsp3) is 0.278. The van der Waals surface area contributed by atoms with Crippen LogP contribution in [0.15, 0.2) is 36.5 Å². The Morgan fingerprint density at radius 2 is 1.69 bits per heavy atom. The first-order valence-corrected chi connectivity index (χ1v) is 8.92. The van der Waals surface area contributed by atoms with Crippen LogP contribution in [0.1, 0.15) is 17.3 Å². The third-order valence-corrected chi connectivity index (χ3v) is 4.95. The van der Waals surface area contributed by atoms with E-state index in [4.69, 9.17) is 23.2 Å². The summed E-state index contributed by atoms with van der Waals surface area (Å²) in [5.74, 6) is 0.499. The molecule has 1 aliphatic rings. The fourth-order valence-electron chi connectivity index (χ4n) is 2.76. The number of rotatable bonds is 3. The van der Waals surface area contributed by atoms with Gasteiger partial charge in [0, 0.05) is 50.6 Å². The number of carbonyl (C=O) groups is 2. The Bertz CT molecular complexity index is 836. The van der Waals surface area contributed by atoms with Crippen molar-refractivity contribution in [3.8, 4) is 0 Å². The number of nitrogens with one attached hydrogen (secondary N) is 1. The van der Waals surface area contributed by atoms with Crippen molar-refractivity contribution in [2.45, 2.75) is 6.92 Å². The van der Waals surface area contributed by atoms with E-state index in [0.29, 0.717) is 47.6 Å². The molecule has 2 amide bonds. The molecule has 0 spiro atoms. The topological polar surface area (TPSA) is 65.5 Å². The maximum atomic E-state index is 12.7. The Morgan fingerprint density at radius 1 is 1.00 bits per heavy atom. The maximum absolute atomic E-state index is 12.7. The van der Waals surface area contributed by atoms with Crippen molar-refractivity contribution >= 4 is 46.5 Å². The summed E-state index contributed by atoms with van der Waals surface area (Å²) in [5, 5.41) is 4.02. The van der Waals surface area contributed by atoms with Crippen molar-refractivity contribution in [3.63, 3.8) is 0 Å². The zero-order valence-corrected chi connectivity index (χ0v) is 15.7. The minimum absolute atomic E-state index is 0.0362. The van der Waals surface area contributed by atoms with Crippen LogP contribution in [0.25, 0.3) is 0 Å². The molecule has 1 N–H and O–H groups in total. The Kier molecular flexibility index (Phi) is 5.64. The number of amides is 2. The van der Waals surface area contributed by atoms with Gasteiger partial charge in [0.05, 0.1) is 10.0 Å². The molecule has 2 aromatic rings. The molecule has 0 radical (unpaired) electrons. The SMILES string of the molecule is CC(=O)N1CCN(C(=O)c2ccnc(Nc3ccc(Cl)c(Cl)c3)c2)CC1. The first-order valence-electron chi connectivity index (χ1n) is 8.17. The van der Waals surface area contributed by atoms with Crippen molar-refractivity contribution in [1.29, 1.82) is 0 Å². The lowest BCUT2D eigenvalue weighted by Crippen LogP contribution is -2.50. The van der Waals surface area contributed by atoms with E-state index in [2.05, 4.69) is 10.3 Å². The van der Waals surface area contributed by atoms with Crippen LogP contribution in [0.2, 0.25) is 10.0 Å². The molecule has 0 atom stereocenters. The minimum Gasteiger partial charge on any atom is -0.340 e. The highest BCUT2D eigenvalue weighted by atomic mass is 35.5. The molecule has 8 heteroatoms. The van der Waals surface area contributed by atoms with Crippen molar-refractivity contribution < 1.29 is 9.59 Å². The van der Waals surface area contributed by atoms with E-state index in [1.54, 1.807) is 53.3 Å². The van der Waals surface area contributed by atoms with Crippen LogP contribution in [0, 0.1) is 0 Å². The number of hydrogen-bond donors (Lipinski definition) is 1. The summed E-state index contributed by atoms with van der Waals surface area (Å²) in [6, 6.07) is 8.55. The average Bonchev–Trinajstić information content (AvgIpc) is 2.64. The molecule has 1 fully saturated rings. The summed E-state index contributed by atoms with van der Waals surface area (Å²) in [4.78, 5) is 31.8. The molecule has 1 aromatic carbocycles. The molecule has 2 heterocycles. The van der Waals surface area contributed by atoms with Gasteiger partial charge in [-0.1, -0.05) is 23.2 Å². The standard InChI is InChI=1S/C18H18Cl2N4O2/c1-12(25)23-6-8-24(9-7-23)18(26)13-4-5-21-17(10-13)22-14-2-3-15(19)16(20)11-14/h2-5,10-11H,6-9H2,1H3,(H,21,22). The van der Waals surface area contributed by atoms with Gasteiger partial charge < -0.3 is 15.1 Å². The molecule has 1 saturated heterocycles. The molecule has 1 aromatic heterocycles. The Labute approximate surface area is 161 Å². The quantitative estimate of drug-likeness (QED) is 0.868. The highest BCUT2D eigenvalue weighted by Gasteiger charge is 2.23. The third-order valence-electron chi connectivity index (χ3n) is 4.21. The van der Waals surface area contributed by atoms with E-state index in [-0.39, 0.29) is 11.8 Å². The lowest BCUT2D eigenvalue weighted by atomic mass is 10.2. The zero-order valence-electron chi connectivity index (χ0n) is 14.2. The van der Waals surface area contributed by atoms with Crippen LogP contribution in [-0.2, 0) is 4.79 Å². The van der Waals surface area contributed by atoms with E-state index in [1.165, 1.54) is 0 Å². The summed E-state index contributed by atoms with van der Waals surface area (Å²) in [6.07, 6.45) is 1.58. The first-order chi connectivity index (χ1) is 12.4. The number of nitrogens with zero attached hydrogens (tertiary/aromatic N) is 3. The second-order valence-corrected chi connectivity index (χ2v) is 6.80. The van der Waals surface area contributed by atoms with Crippen LogP contribution < -0.4 is 5.32 Å². The van der Waals surface area contributed by atoms with Gasteiger partial charge in [-0.05, 0) is 30.3 Å². The largest absolute Gasteiger partial charge is 0.340 e. The predicted octanol–water partition coefficient (Wildman–Crippen LogP) is 3.44. The molecule has 26 heavy (non-hydrogen) atoms. The number of anilines is 2. The van der Waals surface area contributed by atoms with E-state index in [1.807, 2.05) is 0 Å². The molecule has 136 valence electrons. The van der Waals surface area contributed by atoms with Crippen molar-refractivity contribution in [2.75, 3.05) is 31.5 Å². The van der Waals surface area contributed by atoms with Gasteiger partial charge in [0.2, 0.25) is 5.91 Å². The molecular weight excluding hydrogens is 375 g/mol. The van der Waals surface area contributed by atoms with Crippen LogP contribution in [0.4, 0.5) is 11.5 Å². The van der Waals surface area contributed by atoms with Gasteiger partial charge in [0.15, 0.2) is 0 Å². The average molecular weight is 393 g/mol. The van der Waals surface area contributed by atoms with Gasteiger partial charge in [-0.25, -0.2) is 4.98 Å². The molecular formula is C18H18Cl2N4O2. The zero-order chi connectivity index (χ0) is 18.7. The highest BCUT2D eigenvalue weighted by Crippen LogP contribution is 2.26.